The van der Waals surface area contributed by atoms with Crippen LogP contribution in [0.25, 0.3) is 0 Å². The molecule has 0 spiro atoms. The molecule has 4 aliphatic carbocycles. The molecular formula is C21H26ClN7O. The molecule has 4 bridgehead atoms. The highest BCUT2D eigenvalue weighted by atomic mass is 35.5. The van der Waals surface area contributed by atoms with Gasteiger partial charge < -0.3 is 4.42 Å². The molecule has 2 unspecified atom stereocenters. The lowest BCUT2D eigenvalue weighted by Gasteiger charge is -2.60. The number of hydrogen-bond donors (Lipinski definition) is 0. The Labute approximate surface area is 180 Å². The molecule has 4 aliphatic rings. The monoisotopic (exact) mass is 427 g/mol. The van der Waals surface area contributed by atoms with E-state index in [1.165, 1.54) is 6.42 Å². The van der Waals surface area contributed by atoms with Crippen molar-refractivity contribution >= 4 is 11.6 Å². The van der Waals surface area contributed by atoms with Crippen LogP contribution in [0.5, 0.6) is 0 Å². The van der Waals surface area contributed by atoms with E-state index in [9.17, 15) is 0 Å². The summed E-state index contributed by atoms with van der Waals surface area (Å²) in [6.07, 6.45) is 9.32. The van der Waals surface area contributed by atoms with Gasteiger partial charge in [0.25, 0.3) is 0 Å². The van der Waals surface area contributed by atoms with E-state index in [1.54, 1.807) is 6.33 Å². The molecule has 0 saturated heterocycles. The maximum Gasteiger partial charge on any atom is 0.242 e. The molecule has 7 rings (SSSR count). The molecule has 8 nitrogen and oxygen atoms in total. The van der Waals surface area contributed by atoms with Crippen LogP contribution in [0.3, 0.4) is 0 Å². The van der Waals surface area contributed by atoms with Crippen LogP contribution in [0.4, 0.5) is 0 Å². The van der Waals surface area contributed by atoms with Crippen molar-refractivity contribution in [1.82, 2.24) is 34.7 Å². The number of aromatic nitrogens is 7. The molecule has 4 fully saturated rings. The predicted octanol–water partition coefficient (Wildman–Crippen LogP) is 3.62. The van der Waals surface area contributed by atoms with E-state index in [-0.39, 0.29) is 11.0 Å². The molecule has 3 aromatic heterocycles. The minimum absolute atomic E-state index is 0.0252. The van der Waals surface area contributed by atoms with Crippen LogP contribution in [0.2, 0.25) is 5.28 Å². The number of nitrogens with zero attached hydrogens (tertiary/aromatic N) is 7. The minimum Gasteiger partial charge on any atom is -0.425 e. The van der Waals surface area contributed by atoms with Gasteiger partial charge in [-0.05, 0) is 81.9 Å². The van der Waals surface area contributed by atoms with Gasteiger partial charge in [0, 0.05) is 18.7 Å². The van der Waals surface area contributed by atoms with Crippen LogP contribution in [0, 0.1) is 25.7 Å². The Bertz CT molecular complexity index is 1080. The van der Waals surface area contributed by atoms with Gasteiger partial charge in [0.1, 0.15) is 6.33 Å². The van der Waals surface area contributed by atoms with E-state index >= 15 is 0 Å². The Morgan fingerprint density at radius 1 is 1.13 bits per heavy atom. The van der Waals surface area contributed by atoms with Crippen LogP contribution < -0.4 is 0 Å². The summed E-state index contributed by atoms with van der Waals surface area (Å²) < 4.78 is 10.3. The summed E-state index contributed by atoms with van der Waals surface area (Å²) in [5, 5.41) is 18.3. The summed E-state index contributed by atoms with van der Waals surface area (Å²) in [7, 11) is 0. The van der Waals surface area contributed by atoms with Crippen LogP contribution in [0.15, 0.2) is 16.8 Å². The summed E-state index contributed by atoms with van der Waals surface area (Å²) in [6.45, 7) is 4.84. The first kappa shape index (κ1) is 18.5. The average molecular weight is 428 g/mol. The Balaban J connectivity index is 1.27. The maximum absolute atomic E-state index is 6.29. The fraction of sp³-hybridized carbons (Fsp3) is 0.667. The van der Waals surface area contributed by atoms with E-state index in [1.807, 2.05) is 16.3 Å². The molecule has 0 aliphatic heterocycles. The Morgan fingerprint density at radius 2 is 1.93 bits per heavy atom. The molecule has 0 radical (unpaired) electrons. The summed E-state index contributed by atoms with van der Waals surface area (Å²) >= 11 is 6.06. The fourth-order valence-electron chi connectivity index (χ4n) is 6.88. The molecule has 3 heterocycles. The third-order valence-electron chi connectivity index (χ3n) is 7.54. The maximum atomic E-state index is 6.29. The van der Waals surface area contributed by atoms with Crippen molar-refractivity contribution in [3.05, 3.63) is 40.8 Å². The highest BCUT2D eigenvalue weighted by Gasteiger charge is 2.61. The smallest absolute Gasteiger partial charge is 0.242 e. The molecule has 158 valence electrons. The molecule has 2 atom stereocenters. The van der Waals surface area contributed by atoms with Crippen molar-refractivity contribution < 1.29 is 4.42 Å². The Morgan fingerprint density at radius 3 is 2.60 bits per heavy atom. The molecule has 9 heteroatoms. The first-order valence-electron chi connectivity index (χ1n) is 10.8. The normalized spacial score (nSPS) is 32.2. The second-order valence-electron chi connectivity index (χ2n) is 9.83. The van der Waals surface area contributed by atoms with Crippen LogP contribution in [-0.4, -0.2) is 34.7 Å². The first-order chi connectivity index (χ1) is 14.4. The largest absolute Gasteiger partial charge is 0.425 e. The first-order valence-corrected chi connectivity index (χ1v) is 11.2. The van der Waals surface area contributed by atoms with Gasteiger partial charge in [-0.2, -0.15) is 5.10 Å². The second-order valence-corrected chi connectivity index (χ2v) is 10.2. The van der Waals surface area contributed by atoms with E-state index in [0.717, 1.165) is 55.9 Å². The predicted molar refractivity (Wildman–Crippen MR) is 109 cm³/mol. The zero-order valence-electron chi connectivity index (χ0n) is 17.4. The van der Waals surface area contributed by atoms with E-state index in [4.69, 9.17) is 16.0 Å². The van der Waals surface area contributed by atoms with Crippen LogP contribution >= 0.6 is 11.6 Å². The van der Waals surface area contributed by atoms with E-state index in [0.29, 0.717) is 29.4 Å². The number of halogens is 1. The third kappa shape index (κ3) is 2.83. The summed E-state index contributed by atoms with van der Waals surface area (Å²) in [5.41, 5.74) is 2.11. The molecule has 4 saturated carbocycles. The fourth-order valence-corrected chi connectivity index (χ4v) is 7.00. The molecule has 0 amide bonds. The molecule has 30 heavy (non-hydrogen) atoms. The Hall–Kier alpha value is -2.22. The quantitative estimate of drug-likeness (QED) is 0.618. The van der Waals surface area contributed by atoms with Gasteiger partial charge >= 0.3 is 0 Å². The summed E-state index contributed by atoms with van der Waals surface area (Å²) in [4.78, 5) is 4.19. The highest BCUT2D eigenvalue weighted by Crippen LogP contribution is 2.64. The van der Waals surface area contributed by atoms with Crippen molar-refractivity contribution in [2.75, 3.05) is 0 Å². The van der Waals surface area contributed by atoms with Gasteiger partial charge in [-0.1, -0.05) is 0 Å². The van der Waals surface area contributed by atoms with Crippen molar-refractivity contribution in [2.45, 2.75) is 76.3 Å². The lowest BCUT2D eigenvalue weighted by atomic mass is 9.47. The SMILES string of the molecule is Cc1cc(C)n(CCc2nnc(C34CC5CC(C3)CC(n3cnc(Cl)n3)(C5)C4)o2)n1. The lowest BCUT2D eigenvalue weighted by Crippen LogP contribution is -2.58. The van der Waals surface area contributed by atoms with Crippen LogP contribution in [-0.2, 0) is 23.9 Å². The van der Waals surface area contributed by atoms with Gasteiger partial charge in [0.05, 0.1) is 16.6 Å². The van der Waals surface area contributed by atoms with Crippen molar-refractivity contribution in [2.24, 2.45) is 11.8 Å². The second kappa shape index (κ2) is 6.39. The zero-order valence-corrected chi connectivity index (χ0v) is 18.1. The summed E-state index contributed by atoms with van der Waals surface area (Å²) in [5.74, 6) is 2.85. The van der Waals surface area contributed by atoms with E-state index < -0.39 is 0 Å². The molecule has 3 aromatic rings. The van der Waals surface area contributed by atoms with Gasteiger partial charge in [-0.15, -0.1) is 15.3 Å². The zero-order chi connectivity index (χ0) is 20.5. The number of rotatable bonds is 5. The Kier molecular flexibility index (Phi) is 3.95. The van der Waals surface area contributed by atoms with Gasteiger partial charge in [0.2, 0.25) is 17.1 Å². The van der Waals surface area contributed by atoms with Gasteiger partial charge in [0.15, 0.2) is 0 Å². The molecule has 0 aromatic carbocycles. The van der Waals surface area contributed by atoms with Crippen LogP contribution in [0.1, 0.15) is 61.7 Å². The average Bonchev–Trinajstić information content (AvgIpc) is 3.40. The van der Waals surface area contributed by atoms with Gasteiger partial charge in [-0.25, -0.2) is 9.67 Å². The summed E-state index contributed by atoms with van der Waals surface area (Å²) in [6, 6.07) is 2.09. The highest BCUT2D eigenvalue weighted by molar-refractivity contribution is 6.28. The molecule has 0 N–H and O–H groups in total. The van der Waals surface area contributed by atoms with Crippen molar-refractivity contribution in [1.29, 1.82) is 0 Å². The third-order valence-corrected chi connectivity index (χ3v) is 7.71. The van der Waals surface area contributed by atoms with E-state index in [2.05, 4.69) is 38.4 Å². The van der Waals surface area contributed by atoms with Crippen molar-refractivity contribution in [3.63, 3.8) is 0 Å². The molecular weight excluding hydrogens is 402 g/mol. The van der Waals surface area contributed by atoms with Crippen molar-refractivity contribution in [3.8, 4) is 0 Å². The standard InChI is InChI=1S/C21H26ClN7O/c1-13-5-14(2)28(26-13)4-3-17-24-25-18(30-17)20-7-15-6-16(8-20)10-21(9-15,11-20)29-12-23-19(22)27-29/h5,12,15-16H,3-4,6-11H2,1-2H3. The number of hydrogen-bond acceptors (Lipinski definition) is 6. The number of aryl methyl sites for hydroxylation is 4. The van der Waals surface area contributed by atoms with Gasteiger partial charge in [-0.3, -0.25) is 4.68 Å². The lowest BCUT2D eigenvalue weighted by molar-refractivity contribution is -0.0775. The topological polar surface area (TPSA) is 87.5 Å². The minimum atomic E-state index is -0.0496.